The van der Waals surface area contributed by atoms with Gasteiger partial charge in [-0.15, -0.1) is 10.2 Å². The van der Waals surface area contributed by atoms with Crippen LogP contribution >= 0.6 is 11.8 Å². The smallest absolute Gasteiger partial charge is 0.292 e. The Kier molecular flexibility index (Phi) is 6.64. The maximum Gasteiger partial charge on any atom is 0.292 e. The van der Waals surface area contributed by atoms with Crippen LogP contribution < -0.4 is 4.90 Å². The van der Waals surface area contributed by atoms with E-state index in [1.54, 1.807) is 18.2 Å². The lowest BCUT2D eigenvalue weighted by Gasteiger charge is -2.35. The number of aryl methyl sites for hydroxylation is 3. The predicted molar refractivity (Wildman–Crippen MR) is 128 cm³/mol. The van der Waals surface area contributed by atoms with E-state index in [1.165, 1.54) is 17.8 Å². The van der Waals surface area contributed by atoms with Crippen molar-refractivity contribution in [2.24, 2.45) is 0 Å². The molecule has 1 aromatic heterocycles. The van der Waals surface area contributed by atoms with Crippen molar-refractivity contribution >= 4 is 29.0 Å². The van der Waals surface area contributed by atoms with Crippen LogP contribution in [-0.4, -0.2) is 62.4 Å². The Bertz CT molecular complexity index is 1190. The Balaban J connectivity index is 1.40. The summed E-state index contributed by atoms with van der Waals surface area (Å²) in [5.74, 6) is 1.06. The molecule has 0 unspecified atom stereocenters. The second kappa shape index (κ2) is 9.62. The first-order valence-electron chi connectivity index (χ1n) is 10.7. The van der Waals surface area contributed by atoms with E-state index >= 15 is 0 Å². The van der Waals surface area contributed by atoms with Crippen LogP contribution in [0.25, 0.3) is 5.69 Å². The van der Waals surface area contributed by atoms with E-state index in [2.05, 4.69) is 28.4 Å². The topological polar surface area (TPSA) is 97.4 Å². The number of hydrogen-bond donors (Lipinski definition) is 0. The van der Waals surface area contributed by atoms with Crippen molar-refractivity contribution in [3.05, 3.63) is 69.5 Å². The van der Waals surface area contributed by atoms with Crippen LogP contribution in [-0.2, 0) is 4.79 Å². The Hall–Kier alpha value is -3.40. The van der Waals surface area contributed by atoms with Crippen molar-refractivity contribution in [3.8, 4) is 5.69 Å². The molecule has 1 saturated heterocycles. The van der Waals surface area contributed by atoms with Gasteiger partial charge in [-0.25, -0.2) is 0 Å². The SMILES string of the molecule is Cc1ccc(C)c(-n2c(C)nnc2SCC(=O)N2CCN(c3ccccc3[N+](=O)[O-])CC2)c1. The quantitative estimate of drug-likeness (QED) is 0.311. The molecule has 1 amide bonds. The number of carbonyl (C=O) groups is 1. The average Bonchev–Trinajstić information content (AvgIpc) is 3.19. The summed E-state index contributed by atoms with van der Waals surface area (Å²) >= 11 is 1.38. The minimum atomic E-state index is -0.364. The lowest BCUT2D eigenvalue weighted by molar-refractivity contribution is -0.384. The minimum Gasteiger partial charge on any atom is -0.362 e. The molecule has 1 fully saturated rings. The van der Waals surface area contributed by atoms with E-state index in [-0.39, 0.29) is 22.3 Å². The fourth-order valence-electron chi connectivity index (χ4n) is 3.97. The number of thioether (sulfide) groups is 1. The molecule has 0 radical (unpaired) electrons. The molecule has 0 atom stereocenters. The molecule has 4 rings (SSSR count). The zero-order valence-corrected chi connectivity index (χ0v) is 19.7. The third kappa shape index (κ3) is 4.85. The summed E-state index contributed by atoms with van der Waals surface area (Å²) in [6, 6.07) is 13.0. The Morgan fingerprint density at radius 1 is 1.03 bits per heavy atom. The number of nitrogens with zero attached hydrogens (tertiary/aromatic N) is 6. The molecule has 10 heteroatoms. The molecule has 0 aliphatic carbocycles. The largest absolute Gasteiger partial charge is 0.362 e. The van der Waals surface area contributed by atoms with Crippen LogP contribution in [0.4, 0.5) is 11.4 Å². The molecular formula is C23H26N6O3S. The van der Waals surface area contributed by atoms with Gasteiger partial charge in [-0.1, -0.05) is 36.0 Å². The summed E-state index contributed by atoms with van der Waals surface area (Å²) in [6.45, 7) is 8.15. The van der Waals surface area contributed by atoms with Crippen LogP contribution in [0.3, 0.4) is 0 Å². The first-order valence-corrected chi connectivity index (χ1v) is 11.7. The third-order valence-corrected chi connectivity index (χ3v) is 6.69. The van der Waals surface area contributed by atoms with E-state index in [4.69, 9.17) is 0 Å². The van der Waals surface area contributed by atoms with Crippen LogP contribution in [0.5, 0.6) is 0 Å². The van der Waals surface area contributed by atoms with Gasteiger partial charge in [-0.3, -0.25) is 19.5 Å². The number of nitro groups is 1. The number of amides is 1. The summed E-state index contributed by atoms with van der Waals surface area (Å²) in [5, 5.41) is 20.5. The van der Waals surface area contributed by atoms with Crippen molar-refractivity contribution < 1.29 is 9.72 Å². The zero-order valence-electron chi connectivity index (χ0n) is 18.9. The van der Waals surface area contributed by atoms with E-state index in [0.717, 1.165) is 22.6 Å². The highest BCUT2D eigenvalue weighted by atomic mass is 32.2. The summed E-state index contributed by atoms with van der Waals surface area (Å²) < 4.78 is 1.99. The lowest BCUT2D eigenvalue weighted by atomic mass is 10.1. The highest BCUT2D eigenvalue weighted by molar-refractivity contribution is 7.99. The van der Waals surface area contributed by atoms with Crippen LogP contribution in [0.2, 0.25) is 0 Å². The summed E-state index contributed by atoms with van der Waals surface area (Å²) in [4.78, 5) is 27.6. The average molecular weight is 467 g/mol. The van der Waals surface area contributed by atoms with Crippen LogP contribution in [0.15, 0.2) is 47.6 Å². The second-order valence-corrected chi connectivity index (χ2v) is 9.00. The molecule has 2 heterocycles. The predicted octanol–water partition coefficient (Wildman–Crippen LogP) is 3.54. The number of para-hydroxylation sites is 2. The van der Waals surface area contributed by atoms with E-state index in [1.807, 2.05) is 35.1 Å². The summed E-state index contributed by atoms with van der Waals surface area (Å²) in [6.07, 6.45) is 0. The van der Waals surface area contributed by atoms with Gasteiger partial charge in [0.2, 0.25) is 5.91 Å². The highest BCUT2D eigenvalue weighted by Crippen LogP contribution is 2.29. The first-order chi connectivity index (χ1) is 15.8. The molecule has 9 nitrogen and oxygen atoms in total. The van der Waals surface area contributed by atoms with E-state index in [9.17, 15) is 14.9 Å². The zero-order chi connectivity index (χ0) is 23.5. The van der Waals surface area contributed by atoms with Gasteiger partial charge in [0, 0.05) is 32.2 Å². The third-order valence-electron chi connectivity index (χ3n) is 5.78. The highest BCUT2D eigenvalue weighted by Gasteiger charge is 2.26. The molecule has 33 heavy (non-hydrogen) atoms. The Morgan fingerprint density at radius 2 is 1.76 bits per heavy atom. The van der Waals surface area contributed by atoms with Gasteiger partial charge in [0.15, 0.2) is 5.16 Å². The second-order valence-electron chi connectivity index (χ2n) is 8.06. The van der Waals surface area contributed by atoms with Gasteiger partial charge in [0.1, 0.15) is 11.5 Å². The lowest BCUT2D eigenvalue weighted by Crippen LogP contribution is -2.49. The summed E-state index contributed by atoms with van der Waals surface area (Å²) in [7, 11) is 0. The molecule has 0 bridgehead atoms. The molecule has 2 aromatic carbocycles. The number of benzene rings is 2. The normalized spacial score (nSPS) is 13.9. The number of carbonyl (C=O) groups excluding carboxylic acids is 1. The fraction of sp³-hybridized carbons (Fsp3) is 0.348. The van der Waals surface area contributed by atoms with Crippen molar-refractivity contribution in [1.29, 1.82) is 0 Å². The maximum atomic E-state index is 12.9. The first kappa shape index (κ1) is 22.8. The van der Waals surface area contributed by atoms with Gasteiger partial charge < -0.3 is 9.80 Å². The van der Waals surface area contributed by atoms with E-state index < -0.39 is 0 Å². The molecule has 3 aromatic rings. The van der Waals surface area contributed by atoms with Gasteiger partial charge in [0.25, 0.3) is 5.69 Å². The summed E-state index contributed by atoms with van der Waals surface area (Å²) in [5.41, 5.74) is 3.97. The molecule has 1 aliphatic heterocycles. The monoisotopic (exact) mass is 466 g/mol. The van der Waals surface area contributed by atoms with Crippen molar-refractivity contribution in [3.63, 3.8) is 0 Å². The van der Waals surface area contributed by atoms with Gasteiger partial charge in [0.05, 0.1) is 16.4 Å². The number of rotatable bonds is 6. The van der Waals surface area contributed by atoms with Crippen LogP contribution in [0.1, 0.15) is 17.0 Å². The van der Waals surface area contributed by atoms with Crippen molar-refractivity contribution in [1.82, 2.24) is 19.7 Å². The fourth-order valence-corrected chi connectivity index (χ4v) is 4.87. The minimum absolute atomic E-state index is 0.0235. The maximum absolute atomic E-state index is 12.9. The van der Waals surface area contributed by atoms with Gasteiger partial charge >= 0.3 is 0 Å². The molecule has 172 valence electrons. The Labute approximate surface area is 196 Å². The molecular weight excluding hydrogens is 440 g/mol. The number of nitro benzene ring substituents is 1. The van der Waals surface area contributed by atoms with Gasteiger partial charge in [-0.2, -0.15) is 0 Å². The van der Waals surface area contributed by atoms with E-state index in [0.29, 0.717) is 37.0 Å². The number of piperazine rings is 1. The number of anilines is 1. The van der Waals surface area contributed by atoms with Gasteiger partial charge in [-0.05, 0) is 44.0 Å². The molecule has 1 aliphatic rings. The van der Waals surface area contributed by atoms with Crippen LogP contribution in [0, 0.1) is 30.9 Å². The van der Waals surface area contributed by atoms with Crippen molar-refractivity contribution in [2.45, 2.75) is 25.9 Å². The Morgan fingerprint density at radius 3 is 2.48 bits per heavy atom. The molecule has 0 spiro atoms. The molecule has 0 N–H and O–H groups in total. The number of aromatic nitrogens is 3. The molecule has 0 saturated carbocycles. The van der Waals surface area contributed by atoms with Crippen molar-refractivity contribution in [2.75, 3.05) is 36.8 Å². The standard InChI is InChI=1S/C23H26N6O3S/c1-16-8-9-17(2)21(14-16)28-18(3)24-25-23(28)33-15-22(30)27-12-10-26(11-13-27)19-6-4-5-7-20(19)29(31)32/h4-9,14H,10-13,15H2,1-3H3. The number of hydrogen-bond acceptors (Lipinski definition) is 7.